The Bertz CT molecular complexity index is 347. The lowest BCUT2D eigenvalue weighted by Gasteiger charge is -2.18. The molecular weight excluding hydrogens is 250 g/mol. The van der Waals surface area contributed by atoms with E-state index in [-0.39, 0.29) is 6.04 Å². The molecule has 1 atom stereocenters. The lowest BCUT2D eigenvalue weighted by Crippen LogP contribution is -2.24. The maximum Gasteiger partial charge on any atom is 0.218 e. The summed E-state index contributed by atoms with van der Waals surface area (Å²) < 4.78 is 5.47. The Kier molecular flexibility index (Phi) is 6.80. The number of nitrogens with one attached hydrogen (secondary N) is 1. The first-order chi connectivity index (χ1) is 8.65. The van der Waals surface area contributed by atoms with E-state index in [4.69, 9.17) is 16.3 Å². The zero-order valence-electron chi connectivity index (χ0n) is 11.3. The molecule has 0 spiro atoms. The Labute approximate surface area is 114 Å². The molecule has 0 bridgehead atoms. The molecule has 0 fully saturated rings. The normalized spacial score (nSPS) is 12.5. The van der Waals surface area contributed by atoms with E-state index in [1.165, 1.54) is 6.33 Å². The summed E-state index contributed by atoms with van der Waals surface area (Å²) in [4.78, 5) is 8.25. The molecule has 0 aliphatic rings. The van der Waals surface area contributed by atoms with E-state index in [0.29, 0.717) is 24.3 Å². The van der Waals surface area contributed by atoms with Gasteiger partial charge < -0.3 is 10.1 Å². The second-order valence-electron chi connectivity index (χ2n) is 4.72. The second-order valence-corrected chi connectivity index (χ2v) is 5.02. The first-order valence-electron chi connectivity index (χ1n) is 6.43. The van der Waals surface area contributed by atoms with Crippen LogP contribution in [0.4, 0.5) is 5.82 Å². The van der Waals surface area contributed by atoms with Crippen LogP contribution in [0.1, 0.15) is 33.6 Å². The molecular formula is C13H22ClN3O. The summed E-state index contributed by atoms with van der Waals surface area (Å²) in [6.07, 6.45) is 3.48. The van der Waals surface area contributed by atoms with Crippen LogP contribution in [0.25, 0.3) is 0 Å². The fourth-order valence-corrected chi connectivity index (χ4v) is 1.85. The van der Waals surface area contributed by atoms with Gasteiger partial charge in [0.05, 0.1) is 6.61 Å². The van der Waals surface area contributed by atoms with Gasteiger partial charge in [-0.05, 0) is 18.8 Å². The molecule has 1 unspecified atom stereocenters. The highest BCUT2D eigenvalue weighted by atomic mass is 35.5. The number of nitrogens with zero attached hydrogens (tertiary/aromatic N) is 2. The SMILES string of the molecule is CCCOc1cc(NC(CCl)CC(C)C)ncn1. The van der Waals surface area contributed by atoms with Crippen LogP contribution < -0.4 is 10.1 Å². The number of rotatable bonds is 8. The van der Waals surface area contributed by atoms with Crippen LogP contribution in [-0.4, -0.2) is 28.5 Å². The molecule has 0 amide bonds. The Hall–Kier alpha value is -1.03. The monoisotopic (exact) mass is 271 g/mol. The Balaban J connectivity index is 2.59. The average Bonchev–Trinajstić information content (AvgIpc) is 2.35. The molecule has 102 valence electrons. The number of anilines is 1. The highest BCUT2D eigenvalue weighted by molar-refractivity contribution is 6.18. The number of hydrogen-bond acceptors (Lipinski definition) is 4. The third-order valence-electron chi connectivity index (χ3n) is 2.39. The second kappa shape index (κ2) is 8.14. The topological polar surface area (TPSA) is 47.0 Å². The van der Waals surface area contributed by atoms with Crippen molar-refractivity contribution in [2.75, 3.05) is 17.8 Å². The molecule has 0 radical (unpaired) electrons. The van der Waals surface area contributed by atoms with E-state index >= 15 is 0 Å². The van der Waals surface area contributed by atoms with E-state index in [1.54, 1.807) is 0 Å². The van der Waals surface area contributed by atoms with Gasteiger partial charge in [-0.2, -0.15) is 0 Å². The van der Waals surface area contributed by atoms with Crippen molar-refractivity contribution in [2.45, 2.75) is 39.7 Å². The summed E-state index contributed by atoms with van der Waals surface area (Å²) >= 11 is 5.95. The van der Waals surface area contributed by atoms with Gasteiger partial charge in [0.2, 0.25) is 5.88 Å². The van der Waals surface area contributed by atoms with Crippen LogP contribution in [-0.2, 0) is 0 Å². The molecule has 1 rings (SSSR count). The van der Waals surface area contributed by atoms with Gasteiger partial charge in [0.15, 0.2) is 0 Å². The minimum absolute atomic E-state index is 0.223. The van der Waals surface area contributed by atoms with Crippen molar-refractivity contribution in [3.05, 3.63) is 12.4 Å². The third-order valence-corrected chi connectivity index (χ3v) is 2.76. The van der Waals surface area contributed by atoms with Crippen LogP contribution in [0.15, 0.2) is 12.4 Å². The van der Waals surface area contributed by atoms with Gasteiger partial charge >= 0.3 is 0 Å². The van der Waals surface area contributed by atoms with Crippen molar-refractivity contribution in [1.29, 1.82) is 0 Å². The maximum atomic E-state index is 5.95. The number of aromatic nitrogens is 2. The van der Waals surface area contributed by atoms with Gasteiger partial charge in [0, 0.05) is 18.0 Å². The zero-order chi connectivity index (χ0) is 13.4. The predicted octanol–water partition coefficient (Wildman–Crippen LogP) is 3.33. The van der Waals surface area contributed by atoms with Gasteiger partial charge in [-0.1, -0.05) is 20.8 Å². The molecule has 1 aromatic rings. The van der Waals surface area contributed by atoms with Crippen molar-refractivity contribution in [3.8, 4) is 5.88 Å². The number of halogens is 1. The summed E-state index contributed by atoms with van der Waals surface area (Å²) in [7, 11) is 0. The maximum absolute atomic E-state index is 5.95. The first-order valence-corrected chi connectivity index (χ1v) is 6.96. The summed E-state index contributed by atoms with van der Waals surface area (Å²) in [6, 6.07) is 2.04. The molecule has 1 N–H and O–H groups in total. The fourth-order valence-electron chi connectivity index (χ4n) is 1.64. The summed E-state index contributed by atoms with van der Waals surface area (Å²) in [6.45, 7) is 7.09. The Morgan fingerprint density at radius 2 is 2.17 bits per heavy atom. The fraction of sp³-hybridized carbons (Fsp3) is 0.692. The van der Waals surface area contributed by atoms with Crippen LogP contribution >= 0.6 is 11.6 Å². The quantitative estimate of drug-likeness (QED) is 0.737. The van der Waals surface area contributed by atoms with Crippen molar-refractivity contribution in [1.82, 2.24) is 9.97 Å². The molecule has 18 heavy (non-hydrogen) atoms. The molecule has 0 aliphatic carbocycles. The van der Waals surface area contributed by atoms with E-state index in [9.17, 15) is 0 Å². The van der Waals surface area contributed by atoms with Crippen LogP contribution in [0.3, 0.4) is 0 Å². The van der Waals surface area contributed by atoms with Crippen LogP contribution in [0, 0.1) is 5.92 Å². The molecule has 0 saturated carbocycles. The minimum atomic E-state index is 0.223. The molecule has 5 heteroatoms. The van der Waals surface area contributed by atoms with E-state index in [0.717, 1.165) is 18.7 Å². The molecule has 1 heterocycles. The smallest absolute Gasteiger partial charge is 0.218 e. The van der Waals surface area contributed by atoms with Gasteiger partial charge in [-0.15, -0.1) is 11.6 Å². The first kappa shape index (κ1) is 15.0. The highest BCUT2D eigenvalue weighted by Crippen LogP contribution is 2.15. The van der Waals surface area contributed by atoms with Crippen molar-refractivity contribution >= 4 is 17.4 Å². The van der Waals surface area contributed by atoms with Crippen molar-refractivity contribution in [3.63, 3.8) is 0 Å². The Morgan fingerprint density at radius 1 is 1.39 bits per heavy atom. The van der Waals surface area contributed by atoms with E-state index < -0.39 is 0 Å². The van der Waals surface area contributed by atoms with Crippen LogP contribution in [0.5, 0.6) is 5.88 Å². The number of alkyl halides is 1. The molecule has 4 nitrogen and oxygen atoms in total. The minimum Gasteiger partial charge on any atom is -0.478 e. The summed E-state index contributed by atoms with van der Waals surface area (Å²) in [5.41, 5.74) is 0. The summed E-state index contributed by atoms with van der Waals surface area (Å²) in [5, 5.41) is 3.31. The lowest BCUT2D eigenvalue weighted by molar-refractivity contribution is 0.305. The van der Waals surface area contributed by atoms with E-state index in [2.05, 4.69) is 36.1 Å². The van der Waals surface area contributed by atoms with Gasteiger partial charge in [-0.3, -0.25) is 0 Å². The number of ether oxygens (including phenoxy) is 1. The van der Waals surface area contributed by atoms with Crippen molar-refractivity contribution in [2.24, 2.45) is 5.92 Å². The van der Waals surface area contributed by atoms with Gasteiger partial charge in [0.25, 0.3) is 0 Å². The zero-order valence-corrected chi connectivity index (χ0v) is 12.1. The van der Waals surface area contributed by atoms with Gasteiger partial charge in [-0.25, -0.2) is 9.97 Å². The van der Waals surface area contributed by atoms with Crippen LogP contribution in [0.2, 0.25) is 0 Å². The summed E-state index contributed by atoms with van der Waals surface area (Å²) in [5.74, 6) is 2.53. The standard InChI is InChI=1S/C13H22ClN3O/c1-4-5-18-13-7-12(15-9-16-13)17-11(8-14)6-10(2)3/h7,9-11H,4-6,8H2,1-3H3,(H,15,16,17). The molecule has 0 aromatic carbocycles. The Morgan fingerprint density at radius 3 is 2.78 bits per heavy atom. The molecule has 1 aromatic heterocycles. The lowest BCUT2D eigenvalue weighted by atomic mass is 10.1. The van der Waals surface area contributed by atoms with Crippen molar-refractivity contribution < 1.29 is 4.74 Å². The average molecular weight is 272 g/mol. The highest BCUT2D eigenvalue weighted by Gasteiger charge is 2.10. The number of hydrogen-bond donors (Lipinski definition) is 1. The molecule has 0 aliphatic heterocycles. The van der Waals surface area contributed by atoms with Gasteiger partial charge in [0.1, 0.15) is 12.1 Å². The van der Waals surface area contributed by atoms with E-state index in [1.807, 2.05) is 6.07 Å². The largest absolute Gasteiger partial charge is 0.478 e. The molecule has 0 saturated heterocycles. The third kappa shape index (κ3) is 5.54. The predicted molar refractivity (Wildman–Crippen MR) is 75.4 cm³/mol.